The number of amides is 1. The van der Waals surface area contributed by atoms with Crippen molar-refractivity contribution in [3.05, 3.63) is 29.8 Å². The van der Waals surface area contributed by atoms with Crippen LogP contribution in [-0.2, 0) is 4.79 Å². The van der Waals surface area contributed by atoms with Gasteiger partial charge in [0.2, 0.25) is 0 Å². The summed E-state index contributed by atoms with van der Waals surface area (Å²) in [7, 11) is 0. The number of benzene rings is 1. The molecule has 1 aromatic rings. The van der Waals surface area contributed by atoms with Crippen LogP contribution >= 0.6 is 0 Å². The van der Waals surface area contributed by atoms with E-state index in [0.717, 1.165) is 31.4 Å². The Labute approximate surface area is 142 Å². The van der Waals surface area contributed by atoms with E-state index in [2.05, 4.69) is 5.32 Å². The minimum atomic E-state index is -0.725. The van der Waals surface area contributed by atoms with Gasteiger partial charge in [0.1, 0.15) is 5.75 Å². The van der Waals surface area contributed by atoms with Gasteiger partial charge in [-0.2, -0.15) is 0 Å². The van der Waals surface area contributed by atoms with Gasteiger partial charge < -0.3 is 15.2 Å². The highest BCUT2D eigenvalue weighted by atomic mass is 16.5. The van der Waals surface area contributed by atoms with Gasteiger partial charge in [-0.05, 0) is 69.6 Å². The lowest BCUT2D eigenvalue weighted by Gasteiger charge is -2.26. The molecule has 0 heterocycles. The number of hydrogen-bond donors (Lipinski definition) is 2. The number of carboxylic acid groups (broad SMARTS) is 1. The van der Waals surface area contributed by atoms with Crippen LogP contribution in [0, 0.1) is 5.92 Å². The van der Waals surface area contributed by atoms with Gasteiger partial charge in [0, 0.05) is 11.6 Å². The van der Waals surface area contributed by atoms with E-state index >= 15 is 0 Å². The summed E-state index contributed by atoms with van der Waals surface area (Å²) in [6.45, 7) is 0. The minimum Gasteiger partial charge on any atom is -0.490 e. The zero-order chi connectivity index (χ0) is 16.9. The van der Waals surface area contributed by atoms with E-state index in [4.69, 9.17) is 9.84 Å². The van der Waals surface area contributed by atoms with Gasteiger partial charge in [-0.1, -0.05) is 6.07 Å². The molecule has 0 aliphatic heterocycles. The van der Waals surface area contributed by atoms with Gasteiger partial charge in [0.25, 0.3) is 5.91 Å². The first-order valence-corrected chi connectivity index (χ1v) is 8.92. The number of rotatable bonds is 5. The van der Waals surface area contributed by atoms with E-state index in [1.54, 1.807) is 12.1 Å². The van der Waals surface area contributed by atoms with Gasteiger partial charge in [-0.15, -0.1) is 0 Å². The molecular formula is C19H25NO4. The maximum atomic E-state index is 12.4. The van der Waals surface area contributed by atoms with E-state index in [1.807, 2.05) is 12.1 Å². The van der Waals surface area contributed by atoms with Crippen LogP contribution in [0.15, 0.2) is 24.3 Å². The van der Waals surface area contributed by atoms with Crippen LogP contribution in [0.5, 0.6) is 5.75 Å². The third-order valence-electron chi connectivity index (χ3n) is 5.11. The van der Waals surface area contributed by atoms with Crippen molar-refractivity contribution >= 4 is 11.9 Å². The highest BCUT2D eigenvalue weighted by molar-refractivity contribution is 5.94. The van der Waals surface area contributed by atoms with Gasteiger partial charge >= 0.3 is 5.97 Å². The second kappa shape index (κ2) is 7.69. The van der Waals surface area contributed by atoms with E-state index in [-0.39, 0.29) is 24.0 Å². The van der Waals surface area contributed by atoms with Crippen molar-refractivity contribution in [2.75, 3.05) is 0 Å². The van der Waals surface area contributed by atoms with Crippen LogP contribution < -0.4 is 10.1 Å². The van der Waals surface area contributed by atoms with Crippen LogP contribution in [0.25, 0.3) is 0 Å². The Kier molecular flexibility index (Phi) is 5.38. The monoisotopic (exact) mass is 331 g/mol. The average molecular weight is 331 g/mol. The summed E-state index contributed by atoms with van der Waals surface area (Å²) in [5.41, 5.74) is 0.603. The lowest BCUT2D eigenvalue weighted by atomic mass is 9.86. The molecule has 5 heteroatoms. The van der Waals surface area contributed by atoms with Gasteiger partial charge in [0.05, 0.1) is 12.0 Å². The summed E-state index contributed by atoms with van der Waals surface area (Å²) in [5, 5.41) is 12.1. The lowest BCUT2D eigenvalue weighted by molar-refractivity contribution is -0.142. The Hall–Kier alpha value is -2.04. The predicted octanol–water partition coefficient (Wildman–Crippen LogP) is 3.38. The van der Waals surface area contributed by atoms with Crippen molar-refractivity contribution in [2.45, 2.75) is 63.5 Å². The van der Waals surface area contributed by atoms with E-state index in [9.17, 15) is 9.59 Å². The molecule has 3 rings (SSSR count). The summed E-state index contributed by atoms with van der Waals surface area (Å²) >= 11 is 0. The lowest BCUT2D eigenvalue weighted by Crippen LogP contribution is -2.38. The highest BCUT2D eigenvalue weighted by Crippen LogP contribution is 2.26. The molecule has 2 saturated carbocycles. The van der Waals surface area contributed by atoms with Crippen LogP contribution in [0.3, 0.4) is 0 Å². The largest absolute Gasteiger partial charge is 0.490 e. The molecule has 130 valence electrons. The highest BCUT2D eigenvalue weighted by Gasteiger charge is 2.27. The van der Waals surface area contributed by atoms with Gasteiger partial charge in [0.15, 0.2) is 0 Å². The number of aliphatic carboxylic acids is 1. The fraction of sp³-hybridized carbons (Fsp3) is 0.579. The van der Waals surface area contributed by atoms with Crippen molar-refractivity contribution in [3.8, 4) is 5.75 Å². The van der Waals surface area contributed by atoms with E-state index in [1.165, 1.54) is 12.8 Å². The maximum Gasteiger partial charge on any atom is 0.306 e. The first-order chi connectivity index (χ1) is 11.6. The molecule has 0 radical (unpaired) electrons. The molecule has 0 unspecified atom stereocenters. The van der Waals surface area contributed by atoms with Crippen LogP contribution in [-0.4, -0.2) is 29.1 Å². The normalized spacial score (nSPS) is 24.5. The van der Waals surface area contributed by atoms with Crippen molar-refractivity contribution < 1.29 is 19.4 Å². The van der Waals surface area contributed by atoms with Crippen molar-refractivity contribution in [1.29, 1.82) is 0 Å². The molecular weight excluding hydrogens is 306 g/mol. The fourth-order valence-corrected chi connectivity index (χ4v) is 3.66. The second-order valence-electron chi connectivity index (χ2n) is 6.91. The molecule has 2 fully saturated rings. The Morgan fingerprint density at radius 2 is 1.75 bits per heavy atom. The minimum absolute atomic E-state index is 0.0625. The van der Waals surface area contributed by atoms with Gasteiger partial charge in [-0.3, -0.25) is 9.59 Å². The molecule has 0 atom stereocenters. The molecule has 1 amide bonds. The smallest absolute Gasteiger partial charge is 0.306 e. The Bertz CT molecular complexity index is 587. The first-order valence-electron chi connectivity index (χ1n) is 8.92. The molecule has 0 aromatic heterocycles. The zero-order valence-corrected chi connectivity index (χ0v) is 13.9. The number of carboxylic acids is 1. The number of ether oxygens (including phenoxy) is 1. The second-order valence-corrected chi connectivity index (χ2v) is 6.91. The van der Waals surface area contributed by atoms with Crippen LogP contribution in [0.4, 0.5) is 0 Å². The third kappa shape index (κ3) is 4.28. The zero-order valence-electron chi connectivity index (χ0n) is 13.9. The summed E-state index contributed by atoms with van der Waals surface area (Å²) < 4.78 is 5.95. The summed E-state index contributed by atoms with van der Waals surface area (Å²) in [5.74, 6) is -0.340. The molecule has 2 aliphatic rings. The number of nitrogens with one attached hydrogen (secondary N) is 1. The van der Waals surface area contributed by atoms with E-state index < -0.39 is 5.97 Å². The maximum absolute atomic E-state index is 12.4. The van der Waals surface area contributed by atoms with Crippen LogP contribution in [0.1, 0.15) is 61.7 Å². The molecule has 2 aliphatic carbocycles. The Morgan fingerprint density at radius 1 is 1.04 bits per heavy atom. The quantitative estimate of drug-likeness (QED) is 0.867. The topological polar surface area (TPSA) is 75.6 Å². The molecule has 0 bridgehead atoms. The summed E-state index contributed by atoms with van der Waals surface area (Å²) in [6.07, 6.45) is 7.58. The van der Waals surface area contributed by atoms with Crippen molar-refractivity contribution in [1.82, 2.24) is 5.32 Å². The SMILES string of the molecule is O=C(NC1CCC(C(=O)O)CC1)c1cccc(OC2CCCC2)c1. The first kappa shape index (κ1) is 16.8. The average Bonchev–Trinajstić information content (AvgIpc) is 3.08. The predicted molar refractivity (Wildman–Crippen MR) is 90.2 cm³/mol. The number of carbonyl (C=O) groups is 2. The van der Waals surface area contributed by atoms with Gasteiger partial charge in [-0.25, -0.2) is 0 Å². The standard InChI is InChI=1S/C19H25NO4/c21-18(20-15-10-8-13(9-11-15)19(22)23)14-4-3-7-17(12-14)24-16-5-1-2-6-16/h3-4,7,12-13,15-16H,1-2,5-6,8-11H2,(H,20,21)(H,22,23). The van der Waals surface area contributed by atoms with Crippen LogP contribution in [0.2, 0.25) is 0 Å². The molecule has 0 saturated heterocycles. The van der Waals surface area contributed by atoms with E-state index in [0.29, 0.717) is 18.4 Å². The molecule has 2 N–H and O–H groups in total. The summed E-state index contributed by atoms with van der Waals surface area (Å²) in [6, 6.07) is 7.40. The van der Waals surface area contributed by atoms with Crippen molar-refractivity contribution in [3.63, 3.8) is 0 Å². The Balaban J connectivity index is 1.54. The molecule has 1 aromatic carbocycles. The Morgan fingerprint density at radius 3 is 2.42 bits per heavy atom. The third-order valence-corrected chi connectivity index (χ3v) is 5.11. The summed E-state index contributed by atoms with van der Waals surface area (Å²) in [4.78, 5) is 23.4. The number of carbonyl (C=O) groups excluding carboxylic acids is 1. The molecule has 0 spiro atoms. The fourth-order valence-electron chi connectivity index (χ4n) is 3.66. The van der Waals surface area contributed by atoms with Crippen molar-refractivity contribution in [2.24, 2.45) is 5.92 Å². The molecule has 5 nitrogen and oxygen atoms in total. The molecule has 24 heavy (non-hydrogen) atoms. The number of hydrogen-bond acceptors (Lipinski definition) is 3.